The summed E-state index contributed by atoms with van der Waals surface area (Å²) < 4.78 is 19.0. The van der Waals surface area contributed by atoms with E-state index < -0.39 is 0 Å². The van der Waals surface area contributed by atoms with Crippen LogP contribution in [0.5, 0.6) is 0 Å². The van der Waals surface area contributed by atoms with Crippen molar-refractivity contribution in [2.24, 2.45) is 5.92 Å². The third kappa shape index (κ3) is 4.52. The molecule has 2 nitrogen and oxygen atoms in total. The van der Waals surface area contributed by atoms with E-state index in [4.69, 9.17) is 4.74 Å². The maximum absolute atomic E-state index is 13.0. The molecule has 2 saturated carbocycles. The Hall–Kier alpha value is -0.930. The fourth-order valence-electron chi connectivity index (χ4n) is 3.33. The molecule has 2 aliphatic rings. The molecule has 1 atom stereocenters. The molecule has 0 heterocycles. The summed E-state index contributed by atoms with van der Waals surface area (Å²) in [6.07, 6.45) is 9.49. The van der Waals surface area contributed by atoms with Crippen molar-refractivity contribution in [3.8, 4) is 0 Å². The van der Waals surface area contributed by atoms with Gasteiger partial charge in [-0.05, 0) is 49.3 Å². The number of hydrogen-bond acceptors (Lipinski definition) is 2. The highest BCUT2D eigenvalue weighted by Crippen LogP contribution is 2.40. The van der Waals surface area contributed by atoms with Crippen molar-refractivity contribution in [2.45, 2.75) is 57.1 Å². The van der Waals surface area contributed by atoms with Crippen molar-refractivity contribution in [2.75, 3.05) is 13.2 Å². The molecule has 0 aromatic heterocycles. The van der Waals surface area contributed by atoms with Gasteiger partial charge in [-0.25, -0.2) is 4.39 Å². The smallest absolute Gasteiger partial charge is 0.123 e. The summed E-state index contributed by atoms with van der Waals surface area (Å²) in [6, 6.07) is 7.30. The third-order valence-electron chi connectivity index (χ3n) is 4.69. The number of halogens is 1. The molecule has 2 fully saturated rings. The molecular formula is C18H26FNO. The Bertz CT molecular complexity index is 423. The minimum atomic E-state index is -0.158. The van der Waals surface area contributed by atoms with E-state index in [1.165, 1.54) is 50.5 Å². The van der Waals surface area contributed by atoms with Gasteiger partial charge in [0.2, 0.25) is 0 Å². The predicted octanol–water partition coefficient (Wildman–Crippen LogP) is 4.22. The lowest BCUT2D eigenvalue weighted by molar-refractivity contribution is 0.0291. The van der Waals surface area contributed by atoms with E-state index in [0.29, 0.717) is 18.1 Å². The Morgan fingerprint density at radius 1 is 1.05 bits per heavy atom. The standard InChI is InChI=1S/C18H26FNO/c19-16-10-8-15(9-11-16)18(14-6-7-14)20-12-13-21-17-4-2-1-3-5-17/h8-11,14,17-18,20H,1-7,12-13H2. The molecule has 116 valence electrons. The highest BCUT2D eigenvalue weighted by Gasteiger charge is 2.31. The zero-order valence-corrected chi connectivity index (χ0v) is 12.7. The summed E-state index contributed by atoms with van der Waals surface area (Å²) in [5.74, 6) is 0.555. The molecule has 1 unspecified atom stereocenters. The largest absolute Gasteiger partial charge is 0.377 e. The second kappa shape index (κ2) is 7.37. The zero-order chi connectivity index (χ0) is 14.5. The van der Waals surface area contributed by atoms with Crippen LogP contribution >= 0.6 is 0 Å². The van der Waals surface area contributed by atoms with Crippen LogP contribution in [0.25, 0.3) is 0 Å². The van der Waals surface area contributed by atoms with Crippen molar-refractivity contribution in [3.05, 3.63) is 35.6 Å². The van der Waals surface area contributed by atoms with Crippen molar-refractivity contribution < 1.29 is 9.13 Å². The molecule has 1 N–H and O–H groups in total. The van der Waals surface area contributed by atoms with Crippen molar-refractivity contribution in [3.63, 3.8) is 0 Å². The van der Waals surface area contributed by atoms with E-state index >= 15 is 0 Å². The summed E-state index contributed by atoms with van der Waals surface area (Å²) in [7, 11) is 0. The third-order valence-corrected chi connectivity index (χ3v) is 4.69. The molecule has 0 spiro atoms. The molecule has 21 heavy (non-hydrogen) atoms. The normalized spacial score (nSPS) is 21.4. The fourth-order valence-corrected chi connectivity index (χ4v) is 3.33. The molecule has 1 aromatic carbocycles. The van der Waals surface area contributed by atoms with Gasteiger partial charge >= 0.3 is 0 Å². The Balaban J connectivity index is 1.44. The molecule has 0 saturated heterocycles. The van der Waals surface area contributed by atoms with Gasteiger partial charge in [0.25, 0.3) is 0 Å². The van der Waals surface area contributed by atoms with E-state index in [0.717, 1.165) is 13.2 Å². The van der Waals surface area contributed by atoms with Gasteiger partial charge in [-0.15, -0.1) is 0 Å². The highest BCUT2D eigenvalue weighted by molar-refractivity contribution is 5.21. The van der Waals surface area contributed by atoms with Crippen molar-refractivity contribution >= 4 is 0 Å². The first-order chi connectivity index (χ1) is 10.3. The van der Waals surface area contributed by atoms with Gasteiger partial charge in [0.15, 0.2) is 0 Å². The Morgan fingerprint density at radius 2 is 1.76 bits per heavy atom. The first-order valence-corrected chi connectivity index (χ1v) is 8.43. The molecule has 1 aromatic rings. The lowest BCUT2D eigenvalue weighted by Gasteiger charge is -2.23. The van der Waals surface area contributed by atoms with Crippen LogP contribution in [-0.2, 0) is 4.74 Å². The monoisotopic (exact) mass is 291 g/mol. The maximum atomic E-state index is 13.0. The van der Waals surface area contributed by atoms with Crippen LogP contribution < -0.4 is 5.32 Å². The quantitative estimate of drug-likeness (QED) is 0.760. The van der Waals surface area contributed by atoms with Gasteiger partial charge in [0.1, 0.15) is 5.82 Å². The number of hydrogen-bond donors (Lipinski definition) is 1. The van der Waals surface area contributed by atoms with Crippen LogP contribution in [0.2, 0.25) is 0 Å². The molecule has 3 rings (SSSR count). The van der Waals surface area contributed by atoms with Crippen LogP contribution in [0.3, 0.4) is 0 Å². The van der Waals surface area contributed by atoms with E-state index in [2.05, 4.69) is 5.32 Å². The number of nitrogens with one attached hydrogen (secondary N) is 1. The van der Waals surface area contributed by atoms with Gasteiger partial charge in [-0.1, -0.05) is 31.4 Å². The van der Waals surface area contributed by atoms with E-state index in [-0.39, 0.29) is 5.82 Å². The first-order valence-electron chi connectivity index (χ1n) is 8.43. The van der Waals surface area contributed by atoms with Crippen LogP contribution in [0, 0.1) is 11.7 Å². The predicted molar refractivity (Wildman–Crippen MR) is 82.7 cm³/mol. The average Bonchev–Trinajstić information content (AvgIpc) is 3.34. The van der Waals surface area contributed by atoms with Gasteiger partial charge in [0.05, 0.1) is 12.7 Å². The second-order valence-corrected chi connectivity index (χ2v) is 6.45. The minimum absolute atomic E-state index is 0.158. The Kier molecular flexibility index (Phi) is 5.26. The molecule has 0 amide bonds. The van der Waals surface area contributed by atoms with Gasteiger partial charge in [-0.3, -0.25) is 0 Å². The summed E-state index contributed by atoms with van der Waals surface area (Å²) >= 11 is 0. The lowest BCUT2D eigenvalue weighted by atomic mass is 9.98. The van der Waals surface area contributed by atoms with Crippen LogP contribution in [0.15, 0.2) is 24.3 Å². The second-order valence-electron chi connectivity index (χ2n) is 6.45. The topological polar surface area (TPSA) is 21.3 Å². The van der Waals surface area contributed by atoms with Crippen molar-refractivity contribution in [1.29, 1.82) is 0 Å². The lowest BCUT2D eigenvalue weighted by Crippen LogP contribution is -2.29. The van der Waals surface area contributed by atoms with E-state index in [9.17, 15) is 4.39 Å². The summed E-state index contributed by atoms with van der Waals surface area (Å²) in [5.41, 5.74) is 1.21. The van der Waals surface area contributed by atoms with E-state index in [1.54, 1.807) is 12.1 Å². The molecule has 0 bridgehead atoms. The number of benzene rings is 1. The number of rotatable bonds is 7. The van der Waals surface area contributed by atoms with Crippen LogP contribution in [0.1, 0.15) is 56.6 Å². The molecule has 0 aliphatic heterocycles. The van der Waals surface area contributed by atoms with Crippen LogP contribution in [0.4, 0.5) is 4.39 Å². The Labute approximate surface area is 127 Å². The first kappa shape index (κ1) is 15.0. The molecule has 0 radical (unpaired) electrons. The summed E-state index contributed by atoms with van der Waals surface area (Å²) in [4.78, 5) is 0. The maximum Gasteiger partial charge on any atom is 0.123 e. The SMILES string of the molecule is Fc1ccc(C(NCCOC2CCCCC2)C2CC2)cc1. The summed E-state index contributed by atoms with van der Waals surface area (Å²) in [6.45, 7) is 1.67. The molecule has 3 heteroatoms. The zero-order valence-electron chi connectivity index (χ0n) is 12.7. The average molecular weight is 291 g/mol. The fraction of sp³-hybridized carbons (Fsp3) is 0.667. The van der Waals surface area contributed by atoms with Crippen molar-refractivity contribution in [1.82, 2.24) is 5.32 Å². The van der Waals surface area contributed by atoms with Gasteiger partial charge < -0.3 is 10.1 Å². The molecular weight excluding hydrogens is 265 g/mol. The number of ether oxygens (including phenoxy) is 1. The highest BCUT2D eigenvalue weighted by atomic mass is 19.1. The van der Waals surface area contributed by atoms with Gasteiger partial charge in [0, 0.05) is 12.6 Å². The Morgan fingerprint density at radius 3 is 2.43 bits per heavy atom. The van der Waals surface area contributed by atoms with Crippen LogP contribution in [-0.4, -0.2) is 19.3 Å². The van der Waals surface area contributed by atoms with Gasteiger partial charge in [-0.2, -0.15) is 0 Å². The molecule has 2 aliphatic carbocycles. The van der Waals surface area contributed by atoms with E-state index in [1.807, 2.05) is 12.1 Å². The minimum Gasteiger partial charge on any atom is -0.377 e. The summed E-state index contributed by atoms with van der Waals surface area (Å²) in [5, 5.41) is 3.61.